The first-order chi connectivity index (χ1) is 14.7. The third-order valence-electron chi connectivity index (χ3n) is 4.99. The van der Waals surface area contributed by atoms with E-state index in [0.29, 0.717) is 11.8 Å². The molecule has 0 aliphatic carbocycles. The Labute approximate surface area is 181 Å². The van der Waals surface area contributed by atoms with Crippen molar-refractivity contribution in [1.29, 1.82) is 5.26 Å². The second-order valence-corrected chi connectivity index (χ2v) is 7.56. The zero-order chi connectivity index (χ0) is 22.7. The molecule has 3 rings (SSSR count). The second kappa shape index (κ2) is 8.88. The van der Waals surface area contributed by atoms with Crippen LogP contribution in [-0.4, -0.2) is 32.3 Å². The van der Waals surface area contributed by atoms with Crippen LogP contribution < -0.4 is 10.1 Å². The summed E-state index contributed by atoms with van der Waals surface area (Å²) in [5.74, 6) is 1.31. The Kier molecular flexibility index (Phi) is 6.25. The van der Waals surface area contributed by atoms with Crippen molar-refractivity contribution in [2.24, 2.45) is 7.05 Å². The minimum absolute atomic E-state index is 0.0101. The van der Waals surface area contributed by atoms with Crippen molar-refractivity contribution in [1.82, 2.24) is 19.3 Å². The molecule has 2 heterocycles. The standard InChI is InChI=1S/C23H26N6O2/c1-14(2)21-25-23(28(5)27-21)26-22(30)18(13-24)12-17-11-15(3)29(16(17)4)19-7-9-20(31-6)10-8-19/h7-12,14H,1-6H3,(H,25,26,27,30)/b18-12-. The number of methoxy groups -OCH3 is 1. The van der Waals surface area contributed by atoms with Gasteiger partial charge in [0.15, 0.2) is 5.82 Å². The average molecular weight is 419 g/mol. The van der Waals surface area contributed by atoms with Crippen LogP contribution >= 0.6 is 0 Å². The summed E-state index contributed by atoms with van der Waals surface area (Å²) < 4.78 is 8.79. The van der Waals surface area contributed by atoms with E-state index in [9.17, 15) is 10.1 Å². The van der Waals surface area contributed by atoms with Crippen LogP contribution in [0.25, 0.3) is 11.8 Å². The van der Waals surface area contributed by atoms with Crippen LogP contribution in [0.15, 0.2) is 35.9 Å². The molecule has 1 N–H and O–H groups in total. The number of nitrogens with zero attached hydrogens (tertiary/aromatic N) is 5. The average Bonchev–Trinajstić information content (AvgIpc) is 3.25. The van der Waals surface area contributed by atoms with Gasteiger partial charge in [0.05, 0.1) is 7.11 Å². The number of hydrogen-bond acceptors (Lipinski definition) is 5. The predicted octanol–water partition coefficient (Wildman–Crippen LogP) is 3.90. The fourth-order valence-corrected chi connectivity index (χ4v) is 3.29. The lowest BCUT2D eigenvalue weighted by molar-refractivity contribution is -0.112. The first-order valence-electron chi connectivity index (χ1n) is 9.92. The molecule has 1 amide bonds. The van der Waals surface area contributed by atoms with E-state index < -0.39 is 5.91 Å². The number of rotatable bonds is 6. The highest BCUT2D eigenvalue weighted by molar-refractivity contribution is 6.09. The predicted molar refractivity (Wildman–Crippen MR) is 119 cm³/mol. The smallest absolute Gasteiger partial charge is 0.268 e. The van der Waals surface area contributed by atoms with Gasteiger partial charge < -0.3 is 9.30 Å². The molecular weight excluding hydrogens is 392 g/mol. The third-order valence-corrected chi connectivity index (χ3v) is 4.99. The highest BCUT2D eigenvalue weighted by atomic mass is 16.5. The molecule has 8 heteroatoms. The molecule has 0 fully saturated rings. The summed E-state index contributed by atoms with van der Waals surface area (Å²) >= 11 is 0. The molecule has 0 bridgehead atoms. The van der Waals surface area contributed by atoms with Crippen molar-refractivity contribution in [2.75, 3.05) is 12.4 Å². The van der Waals surface area contributed by atoms with Crippen LogP contribution in [0.5, 0.6) is 5.75 Å². The number of hydrogen-bond donors (Lipinski definition) is 1. The van der Waals surface area contributed by atoms with E-state index in [0.717, 1.165) is 28.4 Å². The minimum atomic E-state index is -0.525. The molecule has 0 saturated carbocycles. The monoisotopic (exact) mass is 418 g/mol. The molecule has 8 nitrogen and oxygen atoms in total. The summed E-state index contributed by atoms with van der Waals surface area (Å²) in [6.45, 7) is 7.88. The van der Waals surface area contributed by atoms with E-state index in [4.69, 9.17) is 4.74 Å². The molecule has 0 aliphatic heterocycles. The van der Waals surface area contributed by atoms with Gasteiger partial charge in [-0.05, 0) is 55.8 Å². The van der Waals surface area contributed by atoms with E-state index >= 15 is 0 Å². The summed E-state index contributed by atoms with van der Waals surface area (Å²) in [7, 11) is 3.33. The summed E-state index contributed by atoms with van der Waals surface area (Å²) in [5, 5.41) is 16.6. The fourth-order valence-electron chi connectivity index (χ4n) is 3.29. The number of carbonyl (C=O) groups is 1. The largest absolute Gasteiger partial charge is 0.497 e. The van der Waals surface area contributed by atoms with Gasteiger partial charge in [-0.2, -0.15) is 15.3 Å². The Balaban J connectivity index is 1.90. The quantitative estimate of drug-likeness (QED) is 0.484. The maximum Gasteiger partial charge on any atom is 0.268 e. The van der Waals surface area contributed by atoms with Gasteiger partial charge in [0, 0.05) is 30.0 Å². The van der Waals surface area contributed by atoms with Gasteiger partial charge in [-0.15, -0.1) is 0 Å². The zero-order valence-corrected chi connectivity index (χ0v) is 18.6. The van der Waals surface area contributed by atoms with Gasteiger partial charge >= 0.3 is 0 Å². The second-order valence-electron chi connectivity index (χ2n) is 7.56. The lowest BCUT2D eigenvalue weighted by Crippen LogP contribution is -2.16. The van der Waals surface area contributed by atoms with Gasteiger partial charge in [0.2, 0.25) is 5.95 Å². The van der Waals surface area contributed by atoms with E-state index in [2.05, 4.69) is 20.0 Å². The Morgan fingerprint density at radius 2 is 1.94 bits per heavy atom. The molecule has 0 spiro atoms. The van der Waals surface area contributed by atoms with Gasteiger partial charge in [-0.3, -0.25) is 10.1 Å². The number of amides is 1. The number of nitriles is 1. The number of carbonyl (C=O) groups excluding carboxylic acids is 1. The van der Waals surface area contributed by atoms with E-state index in [1.807, 2.05) is 64.1 Å². The molecule has 0 radical (unpaired) electrons. The summed E-state index contributed by atoms with van der Waals surface area (Å²) in [5.41, 5.74) is 3.66. The molecule has 0 unspecified atom stereocenters. The highest BCUT2D eigenvalue weighted by Crippen LogP contribution is 2.24. The SMILES string of the molecule is COc1ccc(-n2c(C)cc(/C=C(/C#N)C(=O)Nc3nc(C(C)C)nn3C)c2C)cc1. The number of ether oxygens (including phenoxy) is 1. The van der Waals surface area contributed by atoms with Gasteiger partial charge in [-0.1, -0.05) is 13.8 Å². The van der Waals surface area contributed by atoms with Crippen molar-refractivity contribution in [3.8, 4) is 17.5 Å². The van der Waals surface area contributed by atoms with Crippen molar-refractivity contribution in [2.45, 2.75) is 33.6 Å². The van der Waals surface area contributed by atoms with Crippen LogP contribution in [0.3, 0.4) is 0 Å². The van der Waals surface area contributed by atoms with Crippen LogP contribution in [0.4, 0.5) is 5.95 Å². The van der Waals surface area contributed by atoms with Gasteiger partial charge in [-0.25, -0.2) is 4.68 Å². The number of nitrogens with one attached hydrogen (secondary N) is 1. The van der Waals surface area contributed by atoms with Crippen molar-refractivity contribution in [3.63, 3.8) is 0 Å². The van der Waals surface area contributed by atoms with E-state index in [-0.39, 0.29) is 11.5 Å². The topological polar surface area (TPSA) is 97.8 Å². The van der Waals surface area contributed by atoms with Crippen LogP contribution in [0.1, 0.15) is 42.5 Å². The lowest BCUT2D eigenvalue weighted by Gasteiger charge is -2.10. The lowest BCUT2D eigenvalue weighted by atomic mass is 10.1. The number of aryl methyl sites for hydroxylation is 2. The van der Waals surface area contributed by atoms with Crippen LogP contribution in [-0.2, 0) is 11.8 Å². The summed E-state index contributed by atoms with van der Waals surface area (Å²) in [4.78, 5) is 17.1. The van der Waals surface area contributed by atoms with Crippen molar-refractivity contribution in [3.05, 3.63) is 58.7 Å². The molecule has 2 aromatic heterocycles. The fraction of sp³-hybridized carbons (Fsp3) is 0.304. The first kappa shape index (κ1) is 21.8. The van der Waals surface area contributed by atoms with Crippen molar-refractivity contribution >= 4 is 17.9 Å². The summed E-state index contributed by atoms with van der Waals surface area (Å²) in [6.07, 6.45) is 1.59. The van der Waals surface area contributed by atoms with E-state index in [1.165, 1.54) is 4.68 Å². The summed E-state index contributed by atoms with van der Waals surface area (Å²) in [6, 6.07) is 11.7. The zero-order valence-electron chi connectivity index (χ0n) is 18.6. The molecule has 0 aliphatic rings. The Hall–Kier alpha value is -3.86. The molecule has 1 aromatic carbocycles. The highest BCUT2D eigenvalue weighted by Gasteiger charge is 2.17. The van der Waals surface area contributed by atoms with Crippen LogP contribution in [0, 0.1) is 25.2 Å². The van der Waals surface area contributed by atoms with Crippen molar-refractivity contribution < 1.29 is 9.53 Å². The maximum absolute atomic E-state index is 12.7. The molecule has 0 atom stereocenters. The molecule has 160 valence electrons. The number of benzene rings is 1. The van der Waals surface area contributed by atoms with E-state index in [1.54, 1.807) is 20.2 Å². The molecule has 31 heavy (non-hydrogen) atoms. The first-order valence-corrected chi connectivity index (χ1v) is 9.92. The number of aromatic nitrogens is 4. The molecule has 0 saturated heterocycles. The third kappa shape index (κ3) is 4.51. The number of anilines is 1. The Morgan fingerprint density at radius 3 is 2.48 bits per heavy atom. The normalized spacial score (nSPS) is 11.5. The minimum Gasteiger partial charge on any atom is -0.497 e. The maximum atomic E-state index is 12.7. The molecular formula is C23H26N6O2. The Morgan fingerprint density at radius 1 is 1.26 bits per heavy atom. The Bertz CT molecular complexity index is 1180. The molecule has 3 aromatic rings. The van der Waals surface area contributed by atoms with Gasteiger partial charge in [0.25, 0.3) is 5.91 Å². The van der Waals surface area contributed by atoms with Gasteiger partial charge in [0.1, 0.15) is 17.4 Å². The van der Waals surface area contributed by atoms with Crippen LogP contribution in [0.2, 0.25) is 0 Å².